The average molecular weight is 477 g/mol. The van der Waals surface area contributed by atoms with Crippen molar-refractivity contribution >= 4 is 5.97 Å². The van der Waals surface area contributed by atoms with Gasteiger partial charge >= 0.3 is 5.97 Å². The molecule has 4 aliphatic rings. The first-order valence-corrected chi connectivity index (χ1v) is 14.2. The van der Waals surface area contributed by atoms with E-state index in [0.717, 1.165) is 25.9 Å². The molecule has 5 nitrogen and oxygen atoms in total. The number of esters is 1. The molecule has 4 fully saturated rings. The lowest BCUT2D eigenvalue weighted by molar-refractivity contribution is -0.167. The molecule has 0 aromatic rings. The Kier molecular flexibility index (Phi) is 8.06. The van der Waals surface area contributed by atoms with Crippen LogP contribution in [0.5, 0.6) is 0 Å². The number of likely N-dealkylation sites (N-methyl/N-ethyl adjacent to an activating group) is 1. The van der Waals surface area contributed by atoms with Gasteiger partial charge in [0.15, 0.2) is 0 Å². The minimum absolute atomic E-state index is 0.0799. The first-order valence-electron chi connectivity index (χ1n) is 14.2. The van der Waals surface area contributed by atoms with Crippen LogP contribution in [0.3, 0.4) is 0 Å². The van der Waals surface area contributed by atoms with Crippen molar-refractivity contribution in [2.24, 2.45) is 46.3 Å². The van der Waals surface area contributed by atoms with E-state index in [1.165, 1.54) is 52.1 Å². The molecule has 10 atom stereocenters. The summed E-state index contributed by atoms with van der Waals surface area (Å²) in [5, 5.41) is 15.4. The third-order valence-corrected chi connectivity index (χ3v) is 11.5. The fraction of sp³-hybridized carbons (Fsp3) is 0.966. The maximum Gasteiger partial charge on any atom is 0.305 e. The smallest absolute Gasteiger partial charge is 0.305 e. The second-order valence-corrected chi connectivity index (χ2v) is 13.3. The summed E-state index contributed by atoms with van der Waals surface area (Å²) in [6, 6.07) is 0.613. The lowest BCUT2D eigenvalue weighted by Crippen LogP contribution is -2.59. The SMILES string of the molecule is COC(=O)CCC(C)[C@H]1CCC2C3C(CC[C@@]21C)[C@@]1(C)CC[C@@H](NCCN(C)C)C[C@H]1C[C@H]3O. The van der Waals surface area contributed by atoms with Gasteiger partial charge < -0.3 is 20.1 Å². The van der Waals surface area contributed by atoms with Crippen molar-refractivity contribution in [1.29, 1.82) is 0 Å². The third kappa shape index (κ3) is 4.83. The molecule has 0 radical (unpaired) electrons. The molecule has 196 valence electrons. The average Bonchev–Trinajstić information content (AvgIpc) is 3.15. The number of aliphatic hydroxyl groups excluding tert-OH is 1. The fourth-order valence-electron chi connectivity index (χ4n) is 9.52. The number of fused-ring (bicyclic) bond motifs is 5. The zero-order chi connectivity index (χ0) is 24.7. The van der Waals surface area contributed by atoms with Gasteiger partial charge in [0.05, 0.1) is 13.2 Å². The number of carbonyl (C=O) groups is 1. The van der Waals surface area contributed by atoms with Gasteiger partial charge in [0, 0.05) is 25.6 Å². The molecular formula is C29H52N2O3. The van der Waals surface area contributed by atoms with Crippen LogP contribution < -0.4 is 5.32 Å². The number of nitrogens with zero attached hydrogens (tertiary/aromatic N) is 1. The Morgan fingerprint density at radius 2 is 1.79 bits per heavy atom. The summed E-state index contributed by atoms with van der Waals surface area (Å²) in [5.41, 5.74) is 0.700. The van der Waals surface area contributed by atoms with Gasteiger partial charge in [0.2, 0.25) is 0 Å². The summed E-state index contributed by atoms with van der Waals surface area (Å²) in [5.74, 6) is 3.55. The molecule has 0 aromatic carbocycles. The zero-order valence-electron chi connectivity index (χ0n) is 22.8. The topological polar surface area (TPSA) is 61.8 Å². The predicted molar refractivity (Wildman–Crippen MR) is 137 cm³/mol. The van der Waals surface area contributed by atoms with Crippen LogP contribution in [0.4, 0.5) is 0 Å². The Labute approximate surface area is 208 Å². The van der Waals surface area contributed by atoms with E-state index in [2.05, 4.69) is 45.1 Å². The third-order valence-electron chi connectivity index (χ3n) is 11.5. The predicted octanol–water partition coefficient (Wildman–Crippen LogP) is 4.73. The highest BCUT2D eigenvalue weighted by molar-refractivity contribution is 5.69. The van der Waals surface area contributed by atoms with E-state index in [1.54, 1.807) is 0 Å². The van der Waals surface area contributed by atoms with E-state index >= 15 is 0 Å². The number of ether oxygens (including phenoxy) is 1. The highest BCUT2D eigenvalue weighted by atomic mass is 16.5. The summed E-state index contributed by atoms with van der Waals surface area (Å²) < 4.78 is 4.90. The second kappa shape index (κ2) is 10.4. The molecule has 5 heteroatoms. The molecule has 4 unspecified atom stereocenters. The van der Waals surface area contributed by atoms with Crippen LogP contribution in [0.15, 0.2) is 0 Å². The highest BCUT2D eigenvalue weighted by Gasteiger charge is 2.62. The molecular weight excluding hydrogens is 424 g/mol. The summed E-state index contributed by atoms with van der Waals surface area (Å²) in [6.45, 7) is 9.63. The molecule has 0 spiro atoms. The molecule has 2 N–H and O–H groups in total. The van der Waals surface area contributed by atoms with Crippen molar-refractivity contribution in [2.45, 2.75) is 97.1 Å². The van der Waals surface area contributed by atoms with Crippen molar-refractivity contribution in [3.05, 3.63) is 0 Å². The largest absolute Gasteiger partial charge is 0.469 e. The van der Waals surface area contributed by atoms with Crippen molar-refractivity contribution in [3.63, 3.8) is 0 Å². The maximum absolute atomic E-state index is 11.7. The summed E-state index contributed by atoms with van der Waals surface area (Å²) in [4.78, 5) is 14.0. The molecule has 0 saturated heterocycles. The van der Waals surface area contributed by atoms with Gasteiger partial charge in [-0.3, -0.25) is 4.79 Å². The van der Waals surface area contributed by atoms with Crippen molar-refractivity contribution in [3.8, 4) is 0 Å². The summed E-state index contributed by atoms with van der Waals surface area (Å²) in [6.07, 6.45) is 11.3. The molecule has 0 aliphatic heterocycles. The standard InChI is InChI=1S/C29H52N2O3/c1-19(7-10-26(33)34-6)22-8-9-23-27-24(12-14-29(22,23)3)28(2)13-11-21(30-15-16-31(4)5)17-20(28)18-25(27)32/h19-25,27,30,32H,7-18H2,1-6H3/t19?,20-,21+,22+,23?,24?,25+,27?,28-,29+/m0/s1. The molecule has 0 bridgehead atoms. The number of carbonyl (C=O) groups excluding carboxylic acids is 1. The minimum atomic E-state index is -0.141. The van der Waals surface area contributed by atoms with E-state index in [4.69, 9.17) is 4.74 Å². The van der Waals surface area contributed by atoms with Gasteiger partial charge in [-0.1, -0.05) is 20.8 Å². The lowest BCUT2D eigenvalue weighted by Gasteiger charge is -2.62. The van der Waals surface area contributed by atoms with E-state index < -0.39 is 0 Å². The van der Waals surface area contributed by atoms with E-state index in [9.17, 15) is 9.90 Å². The Bertz CT molecular complexity index is 713. The quantitative estimate of drug-likeness (QED) is 0.496. The first-order chi connectivity index (χ1) is 16.1. The fourth-order valence-corrected chi connectivity index (χ4v) is 9.52. The van der Waals surface area contributed by atoms with Gasteiger partial charge in [0.1, 0.15) is 0 Å². The van der Waals surface area contributed by atoms with Crippen molar-refractivity contribution in [2.75, 3.05) is 34.3 Å². The number of aliphatic hydroxyl groups is 1. The number of hydrogen-bond donors (Lipinski definition) is 2. The number of nitrogens with one attached hydrogen (secondary N) is 1. The van der Waals surface area contributed by atoms with E-state index in [0.29, 0.717) is 58.8 Å². The van der Waals surface area contributed by atoms with Crippen molar-refractivity contribution < 1.29 is 14.6 Å². The molecule has 4 saturated carbocycles. The molecule has 0 heterocycles. The van der Waals surface area contributed by atoms with Crippen LogP contribution in [-0.4, -0.2) is 62.4 Å². The van der Waals surface area contributed by atoms with Gasteiger partial charge in [-0.25, -0.2) is 0 Å². The summed E-state index contributed by atoms with van der Waals surface area (Å²) >= 11 is 0. The van der Waals surface area contributed by atoms with Crippen LogP contribution >= 0.6 is 0 Å². The Morgan fingerprint density at radius 3 is 2.50 bits per heavy atom. The molecule has 0 aromatic heterocycles. The number of rotatable bonds is 8. The highest BCUT2D eigenvalue weighted by Crippen LogP contribution is 2.68. The van der Waals surface area contributed by atoms with Gasteiger partial charge in [-0.05, 0) is 118 Å². The van der Waals surface area contributed by atoms with Gasteiger partial charge in [-0.2, -0.15) is 0 Å². The maximum atomic E-state index is 11.7. The minimum Gasteiger partial charge on any atom is -0.469 e. The zero-order valence-corrected chi connectivity index (χ0v) is 22.8. The summed E-state index contributed by atoms with van der Waals surface area (Å²) in [7, 11) is 5.77. The number of methoxy groups -OCH3 is 1. The molecule has 34 heavy (non-hydrogen) atoms. The van der Waals surface area contributed by atoms with Crippen molar-refractivity contribution in [1.82, 2.24) is 10.2 Å². The van der Waals surface area contributed by atoms with Gasteiger partial charge in [0.25, 0.3) is 0 Å². The molecule has 0 amide bonds. The van der Waals surface area contributed by atoms with Crippen LogP contribution in [0.1, 0.15) is 85.0 Å². The molecule has 4 rings (SSSR count). The normalized spacial score (nSPS) is 44.8. The van der Waals surface area contributed by atoms with Crippen LogP contribution in [-0.2, 0) is 9.53 Å². The Hall–Kier alpha value is -0.650. The molecule has 4 aliphatic carbocycles. The lowest BCUT2D eigenvalue weighted by atomic mass is 9.43. The Morgan fingerprint density at radius 1 is 1.09 bits per heavy atom. The first kappa shape index (κ1) is 26.4. The van der Waals surface area contributed by atoms with Crippen LogP contribution in [0, 0.1) is 46.3 Å². The van der Waals surface area contributed by atoms with Crippen LogP contribution in [0.25, 0.3) is 0 Å². The number of hydrogen-bond acceptors (Lipinski definition) is 5. The second-order valence-electron chi connectivity index (χ2n) is 13.3. The van der Waals surface area contributed by atoms with E-state index in [1.807, 2.05) is 0 Å². The monoisotopic (exact) mass is 476 g/mol. The van der Waals surface area contributed by atoms with E-state index in [-0.39, 0.29) is 12.1 Å². The van der Waals surface area contributed by atoms with Gasteiger partial charge in [-0.15, -0.1) is 0 Å². The Balaban J connectivity index is 1.43. The van der Waals surface area contributed by atoms with Crippen LogP contribution in [0.2, 0.25) is 0 Å².